The Balaban J connectivity index is 2.17. The van der Waals surface area contributed by atoms with Gasteiger partial charge in [0.25, 0.3) is 0 Å². The number of benzene rings is 2. The molecule has 0 atom stereocenters. The third kappa shape index (κ3) is 3.76. The van der Waals surface area contributed by atoms with Crippen molar-refractivity contribution in [2.24, 2.45) is 0 Å². The summed E-state index contributed by atoms with van der Waals surface area (Å²) in [5.74, 6) is -0.616. The lowest BCUT2D eigenvalue weighted by molar-refractivity contribution is 0.629. The van der Waals surface area contributed by atoms with Gasteiger partial charge in [-0.1, -0.05) is 50.7 Å². The summed E-state index contributed by atoms with van der Waals surface area (Å²) in [6.45, 7) is 0.483. The van der Waals surface area contributed by atoms with Crippen LogP contribution in [0.15, 0.2) is 34.8 Å². The van der Waals surface area contributed by atoms with E-state index in [0.29, 0.717) is 17.3 Å². The molecule has 0 aliphatic heterocycles. The molecule has 0 amide bonds. The summed E-state index contributed by atoms with van der Waals surface area (Å²) in [4.78, 5) is 0. The van der Waals surface area contributed by atoms with Crippen LogP contribution in [-0.2, 0) is 6.54 Å². The minimum atomic E-state index is -0.616. The highest BCUT2D eigenvalue weighted by Crippen LogP contribution is 2.28. The molecule has 0 aliphatic carbocycles. The molecule has 0 saturated heterocycles. The van der Waals surface area contributed by atoms with E-state index in [4.69, 9.17) is 34.8 Å². The van der Waals surface area contributed by atoms with Crippen LogP contribution < -0.4 is 5.32 Å². The molecule has 0 aliphatic rings. The Morgan fingerprint density at radius 3 is 2.26 bits per heavy atom. The van der Waals surface area contributed by atoms with Crippen LogP contribution >= 0.6 is 50.7 Å². The standard InChI is InChI=1S/C13H8BrCl3FN/c14-8-1-2-10(15)7(3-8)6-19-9-4-11(16)13(18)12(17)5-9/h1-5,19H,6H2. The van der Waals surface area contributed by atoms with Crippen LogP contribution in [0.5, 0.6) is 0 Å². The quantitative estimate of drug-likeness (QED) is 0.626. The predicted molar refractivity (Wildman–Crippen MR) is 82.9 cm³/mol. The molecule has 1 nitrogen and oxygen atoms in total. The van der Waals surface area contributed by atoms with Gasteiger partial charge < -0.3 is 5.32 Å². The van der Waals surface area contributed by atoms with Gasteiger partial charge in [0.15, 0.2) is 5.82 Å². The molecule has 100 valence electrons. The van der Waals surface area contributed by atoms with E-state index in [1.54, 1.807) is 6.07 Å². The molecular weight excluding hydrogens is 375 g/mol. The molecular formula is C13H8BrCl3FN. The third-order valence-electron chi connectivity index (χ3n) is 2.47. The van der Waals surface area contributed by atoms with Gasteiger partial charge in [-0.25, -0.2) is 4.39 Å². The number of halogens is 5. The van der Waals surface area contributed by atoms with Crippen molar-refractivity contribution in [1.29, 1.82) is 0 Å². The van der Waals surface area contributed by atoms with E-state index in [1.165, 1.54) is 12.1 Å². The summed E-state index contributed by atoms with van der Waals surface area (Å²) in [5.41, 5.74) is 1.54. The summed E-state index contributed by atoms with van der Waals surface area (Å²) in [6.07, 6.45) is 0. The van der Waals surface area contributed by atoms with Gasteiger partial charge in [-0.05, 0) is 35.9 Å². The Labute approximate surface area is 133 Å². The van der Waals surface area contributed by atoms with Crippen molar-refractivity contribution in [3.8, 4) is 0 Å². The lowest BCUT2D eigenvalue weighted by atomic mass is 10.2. The van der Waals surface area contributed by atoms with Gasteiger partial charge in [0, 0.05) is 21.7 Å². The molecule has 2 aromatic carbocycles. The Hall–Kier alpha value is -0.480. The first-order chi connectivity index (χ1) is 8.97. The summed E-state index contributed by atoms with van der Waals surface area (Å²) >= 11 is 20.9. The van der Waals surface area contributed by atoms with Crippen molar-refractivity contribution in [3.63, 3.8) is 0 Å². The molecule has 2 rings (SSSR count). The Morgan fingerprint density at radius 2 is 1.63 bits per heavy atom. The van der Waals surface area contributed by atoms with Gasteiger partial charge in [-0.2, -0.15) is 0 Å². The zero-order valence-corrected chi connectivity index (χ0v) is 13.3. The van der Waals surface area contributed by atoms with Crippen LogP contribution in [0.1, 0.15) is 5.56 Å². The molecule has 6 heteroatoms. The van der Waals surface area contributed by atoms with Gasteiger partial charge >= 0.3 is 0 Å². The maximum Gasteiger partial charge on any atom is 0.160 e. The molecule has 0 spiro atoms. The Morgan fingerprint density at radius 1 is 1.00 bits per heavy atom. The zero-order chi connectivity index (χ0) is 14.0. The van der Waals surface area contributed by atoms with Crippen LogP contribution in [0.3, 0.4) is 0 Å². The van der Waals surface area contributed by atoms with Crippen LogP contribution in [-0.4, -0.2) is 0 Å². The van der Waals surface area contributed by atoms with Crippen LogP contribution in [0, 0.1) is 5.82 Å². The largest absolute Gasteiger partial charge is 0.381 e. The number of hydrogen-bond donors (Lipinski definition) is 1. The molecule has 19 heavy (non-hydrogen) atoms. The van der Waals surface area contributed by atoms with E-state index in [2.05, 4.69) is 21.2 Å². The van der Waals surface area contributed by atoms with Crippen molar-refractivity contribution in [3.05, 3.63) is 61.3 Å². The monoisotopic (exact) mass is 381 g/mol. The Kier molecular flexibility index (Phi) is 4.96. The molecule has 0 heterocycles. The number of rotatable bonds is 3. The molecule has 0 saturated carbocycles. The van der Waals surface area contributed by atoms with Crippen molar-refractivity contribution in [1.82, 2.24) is 0 Å². The fourth-order valence-corrected chi connectivity index (χ4v) is 2.61. The van der Waals surface area contributed by atoms with Gasteiger partial charge in [0.1, 0.15) is 0 Å². The fourth-order valence-electron chi connectivity index (χ4n) is 1.53. The van der Waals surface area contributed by atoms with Crippen LogP contribution in [0.2, 0.25) is 15.1 Å². The highest BCUT2D eigenvalue weighted by atomic mass is 79.9. The van der Waals surface area contributed by atoms with E-state index in [-0.39, 0.29) is 10.0 Å². The van der Waals surface area contributed by atoms with Gasteiger partial charge in [0.2, 0.25) is 0 Å². The van der Waals surface area contributed by atoms with E-state index < -0.39 is 5.82 Å². The first-order valence-electron chi connectivity index (χ1n) is 5.29. The van der Waals surface area contributed by atoms with Crippen molar-refractivity contribution >= 4 is 56.4 Å². The summed E-state index contributed by atoms with van der Waals surface area (Å²) in [5, 5.41) is 3.71. The lowest BCUT2D eigenvalue weighted by Gasteiger charge is -2.10. The topological polar surface area (TPSA) is 12.0 Å². The molecule has 0 bridgehead atoms. The number of anilines is 1. The minimum Gasteiger partial charge on any atom is -0.381 e. The fraction of sp³-hybridized carbons (Fsp3) is 0.0769. The normalized spacial score (nSPS) is 10.6. The van der Waals surface area contributed by atoms with E-state index in [1.807, 2.05) is 12.1 Å². The average Bonchev–Trinajstić information content (AvgIpc) is 2.37. The Bertz CT molecular complexity index is 596. The van der Waals surface area contributed by atoms with Crippen LogP contribution in [0.25, 0.3) is 0 Å². The van der Waals surface area contributed by atoms with Crippen molar-refractivity contribution in [2.75, 3.05) is 5.32 Å². The second-order valence-electron chi connectivity index (χ2n) is 3.84. The first kappa shape index (κ1) is 14.9. The average molecular weight is 383 g/mol. The third-order valence-corrected chi connectivity index (χ3v) is 3.89. The van der Waals surface area contributed by atoms with Gasteiger partial charge in [-0.3, -0.25) is 0 Å². The van der Waals surface area contributed by atoms with Crippen LogP contribution in [0.4, 0.5) is 10.1 Å². The van der Waals surface area contributed by atoms with Gasteiger partial charge in [0.05, 0.1) is 10.0 Å². The maximum absolute atomic E-state index is 13.3. The molecule has 0 aromatic heterocycles. The zero-order valence-electron chi connectivity index (χ0n) is 9.48. The molecule has 0 unspecified atom stereocenters. The molecule has 2 aromatic rings. The molecule has 1 N–H and O–H groups in total. The van der Waals surface area contributed by atoms with E-state index in [9.17, 15) is 4.39 Å². The second-order valence-corrected chi connectivity index (χ2v) is 5.98. The predicted octanol–water partition coefficient (Wildman–Crippen LogP) is 6.16. The number of nitrogens with one attached hydrogen (secondary N) is 1. The smallest absolute Gasteiger partial charge is 0.160 e. The maximum atomic E-state index is 13.3. The van der Waals surface area contributed by atoms with E-state index >= 15 is 0 Å². The lowest BCUT2D eigenvalue weighted by Crippen LogP contribution is -2.00. The molecule has 0 fully saturated rings. The minimum absolute atomic E-state index is 0.0182. The highest BCUT2D eigenvalue weighted by Gasteiger charge is 2.08. The summed E-state index contributed by atoms with van der Waals surface area (Å²) in [6, 6.07) is 8.52. The summed E-state index contributed by atoms with van der Waals surface area (Å²) < 4.78 is 14.2. The van der Waals surface area contributed by atoms with E-state index in [0.717, 1.165) is 10.0 Å². The highest BCUT2D eigenvalue weighted by molar-refractivity contribution is 9.10. The SMILES string of the molecule is Fc1c(Cl)cc(NCc2cc(Br)ccc2Cl)cc1Cl. The summed E-state index contributed by atoms with van der Waals surface area (Å²) in [7, 11) is 0. The van der Waals surface area contributed by atoms with Crippen molar-refractivity contribution in [2.45, 2.75) is 6.54 Å². The van der Waals surface area contributed by atoms with Gasteiger partial charge in [-0.15, -0.1) is 0 Å². The first-order valence-corrected chi connectivity index (χ1v) is 7.22. The second kappa shape index (κ2) is 6.31. The van der Waals surface area contributed by atoms with Crippen molar-refractivity contribution < 1.29 is 4.39 Å². The number of hydrogen-bond acceptors (Lipinski definition) is 1. The molecule has 0 radical (unpaired) electrons.